The Morgan fingerprint density at radius 2 is 2.11 bits per heavy atom. The van der Waals surface area contributed by atoms with E-state index in [0.717, 1.165) is 16.5 Å². The van der Waals surface area contributed by atoms with Gasteiger partial charge in [0.1, 0.15) is 0 Å². The van der Waals surface area contributed by atoms with Crippen LogP contribution in [-0.2, 0) is 10.0 Å². The number of anilines is 1. The van der Waals surface area contributed by atoms with Crippen LogP contribution in [0.4, 0.5) is 5.69 Å². The number of rotatable bonds is 1. The number of allylic oxidation sites excluding steroid dienone is 3. The van der Waals surface area contributed by atoms with E-state index in [-0.39, 0.29) is 5.70 Å². The van der Waals surface area contributed by atoms with Crippen molar-refractivity contribution in [2.24, 2.45) is 5.73 Å². The van der Waals surface area contributed by atoms with E-state index >= 15 is 0 Å². The van der Waals surface area contributed by atoms with Crippen molar-refractivity contribution in [3.8, 4) is 0 Å². The number of nitrogens with one attached hydrogen (secondary N) is 1. The van der Waals surface area contributed by atoms with Crippen LogP contribution >= 0.6 is 0 Å². The average molecular weight is 258 g/mol. The standard InChI is InChI=1S/C13H10N2O2S/c14-11-8-18(16,17)15-12-7-3-6-10(13(11)12)9-4-1-2-5-9/h1-4,6-8,15H,14H2. The van der Waals surface area contributed by atoms with Crippen molar-refractivity contribution in [3.05, 3.63) is 58.7 Å². The highest BCUT2D eigenvalue weighted by molar-refractivity contribution is 7.95. The van der Waals surface area contributed by atoms with Crippen LogP contribution in [0.2, 0.25) is 0 Å². The zero-order valence-electron chi connectivity index (χ0n) is 9.34. The minimum absolute atomic E-state index is 0.244. The van der Waals surface area contributed by atoms with Crippen molar-refractivity contribution in [1.82, 2.24) is 0 Å². The first kappa shape index (κ1) is 10.9. The van der Waals surface area contributed by atoms with E-state index in [1.165, 1.54) is 0 Å². The Bertz CT molecular complexity index is 764. The lowest BCUT2D eigenvalue weighted by atomic mass is 9.97. The summed E-state index contributed by atoms with van der Waals surface area (Å²) in [6.45, 7) is 0. The molecule has 0 unspecified atom stereocenters. The van der Waals surface area contributed by atoms with E-state index in [0.29, 0.717) is 11.3 Å². The summed E-state index contributed by atoms with van der Waals surface area (Å²) in [6.07, 6.45) is 5.59. The third-order valence-electron chi connectivity index (χ3n) is 2.78. The quantitative estimate of drug-likeness (QED) is 0.754. The highest BCUT2D eigenvalue weighted by Gasteiger charge is 2.22. The average Bonchev–Trinajstić information content (AvgIpc) is 2.79. The summed E-state index contributed by atoms with van der Waals surface area (Å²) >= 11 is 0. The van der Waals surface area contributed by atoms with Gasteiger partial charge in [-0.1, -0.05) is 18.2 Å². The normalized spacial score (nSPS) is 18.9. The second-order valence-electron chi connectivity index (χ2n) is 4.03. The first-order valence-electron chi connectivity index (χ1n) is 5.34. The summed E-state index contributed by atoms with van der Waals surface area (Å²) in [4.78, 5) is 0. The number of hydrogen-bond donors (Lipinski definition) is 2. The maximum absolute atomic E-state index is 11.5. The van der Waals surface area contributed by atoms with Crippen molar-refractivity contribution in [3.63, 3.8) is 0 Å². The van der Waals surface area contributed by atoms with Crippen LogP contribution in [0.1, 0.15) is 11.1 Å². The molecule has 4 nitrogen and oxygen atoms in total. The van der Waals surface area contributed by atoms with Crippen LogP contribution in [0, 0.1) is 0 Å². The molecule has 1 aliphatic heterocycles. The van der Waals surface area contributed by atoms with Gasteiger partial charge in [0.05, 0.1) is 16.8 Å². The molecule has 18 heavy (non-hydrogen) atoms. The van der Waals surface area contributed by atoms with Gasteiger partial charge in [-0.2, -0.15) is 0 Å². The van der Waals surface area contributed by atoms with Gasteiger partial charge in [0.2, 0.25) is 0 Å². The summed E-state index contributed by atoms with van der Waals surface area (Å²) in [7, 11) is -3.48. The van der Waals surface area contributed by atoms with Gasteiger partial charge in [-0.05, 0) is 18.2 Å². The first-order valence-corrected chi connectivity index (χ1v) is 6.88. The van der Waals surface area contributed by atoms with Gasteiger partial charge < -0.3 is 5.73 Å². The Balaban J connectivity index is 2.28. The molecule has 1 aromatic rings. The molecule has 0 saturated carbocycles. The van der Waals surface area contributed by atoms with Crippen LogP contribution in [0.3, 0.4) is 0 Å². The summed E-state index contributed by atoms with van der Waals surface area (Å²) in [5.74, 6) is 0. The zero-order chi connectivity index (χ0) is 12.8. The Morgan fingerprint density at radius 1 is 1.28 bits per heavy atom. The minimum Gasteiger partial charge on any atom is -0.398 e. The second-order valence-corrected chi connectivity index (χ2v) is 5.56. The highest BCUT2D eigenvalue weighted by atomic mass is 32.2. The van der Waals surface area contributed by atoms with Crippen molar-refractivity contribution >= 4 is 27.0 Å². The molecule has 0 spiro atoms. The molecule has 1 aromatic carbocycles. The molecule has 0 saturated heterocycles. The Morgan fingerprint density at radius 3 is 2.83 bits per heavy atom. The van der Waals surface area contributed by atoms with Gasteiger partial charge in [0.15, 0.2) is 0 Å². The third-order valence-corrected chi connectivity index (χ3v) is 3.84. The van der Waals surface area contributed by atoms with Crippen LogP contribution < -0.4 is 10.5 Å². The zero-order valence-corrected chi connectivity index (χ0v) is 10.2. The largest absolute Gasteiger partial charge is 0.398 e. The number of fused-ring (bicyclic) bond motifs is 1. The first-order chi connectivity index (χ1) is 8.57. The summed E-state index contributed by atoms with van der Waals surface area (Å²) in [5, 5.41) is 1.04. The molecule has 0 atom stereocenters. The topological polar surface area (TPSA) is 72.2 Å². The Labute approximate surface area is 105 Å². The second kappa shape index (κ2) is 3.63. The lowest BCUT2D eigenvalue weighted by molar-refractivity contribution is 0.609. The number of benzene rings is 1. The number of hydrogen-bond acceptors (Lipinski definition) is 3. The van der Waals surface area contributed by atoms with Crippen LogP contribution in [-0.4, -0.2) is 8.42 Å². The van der Waals surface area contributed by atoms with Gasteiger partial charge in [0, 0.05) is 16.7 Å². The Kier molecular flexibility index (Phi) is 2.20. The SMILES string of the molecule is NC1=CS(=O)(=O)Nc2cccc(C3=C=CC=C3)c21. The molecule has 3 N–H and O–H groups in total. The van der Waals surface area contributed by atoms with Crippen molar-refractivity contribution < 1.29 is 8.42 Å². The predicted molar refractivity (Wildman–Crippen MR) is 71.8 cm³/mol. The smallest absolute Gasteiger partial charge is 0.257 e. The molecule has 3 rings (SSSR count). The molecule has 1 heterocycles. The van der Waals surface area contributed by atoms with E-state index in [9.17, 15) is 8.42 Å². The van der Waals surface area contributed by atoms with E-state index in [2.05, 4.69) is 10.5 Å². The van der Waals surface area contributed by atoms with E-state index in [1.54, 1.807) is 12.1 Å². The monoisotopic (exact) mass is 258 g/mol. The van der Waals surface area contributed by atoms with Crippen LogP contribution in [0.15, 0.2) is 47.6 Å². The van der Waals surface area contributed by atoms with Gasteiger partial charge in [0.25, 0.3) is 10.0 Å². The molecule has 90 valence electrons. The summed E-state index contributed by atoms with van der Waals surface area (Å²) in [5.41, 5.74) is 12.2. The number of sulfonamides is 1. The number of nitrogens with two attached hydrogens (primary N) is 1. The maximum Gasteiger partial charge on any atom is 0.257 e. The van der Waals surface area contributed by atoms with E-state index < -0.39 is 10.0 Å². The van der Waals surface area contributed by atoms with Gasteiger partial charge in [-0.15, -0.1) is 5.73 Å². The van der Waals surface area contributed by atoms with Crippen molar-refractivity contribution in [2.45, 2.75) is 0 Å². The predicted octanol–water partition coefficient (Wildman–Crippen LogP) is 1.81. The molecular formula is C13H10N2O2S. The van der Waals surface area contributed by atoms with Crippen molar-refractivity contribution in [2.75, 3.05) is 4.72 Å². The summed E-state index contributed by atoms with van der Waals surface area (Å²) in [6, 6.07) is 5.38. The lowest BCUT2D eigenvalue weighted by Crippen LogP contribution is -2.19. The fourth-order valence-corrected chi connectivity index (χ4v) is 3.07. The van der Waals surface area contributed by atoms with Gasteiger partial charge in [-0.3, -0.25) is 4.72 Å². The van der Waals surface area contributed by atoms with Gasteiger partial charge in [-0.25, -0.2) is 8.42 Å². The van der Waals surface area contributed by atoms with Crippen LogP contribution in [0.25, 0.3) is 11.3 Å². The Hall–Kier alpha value is -2.23. The van der Waals surface area contributed by atoms with Gasteiger partial charge >= 0.3 is 0 Å². The maximum atomic E-state index is 11.5. The lowest BCUT2D eigenvalue weighted by Gasteiger charge is -2.19. The molecule has 1 aliphatic carbocycles. The molecular weight excluding hydrogens is 248 g/mol. The van der Waals surface area contributed by atoms with Crippen LogP contribution in [0.5, 0.6) is 0 Å². The molecule has 0 fully saturated rings. The van der Waals surface area contributed by atoms with E-state index in [4.69, 9.17) is 5.73 Å². The molecule has 2 aliphatic rings. The molecule has 0 amide bonds. The molecule has 0 bridgehead atoms. The minimum atomic E-state index is -3.48. The molecule has 0 aromatic heterocycles. The highest BCUT2D eigenvalue weighted by Crippen LogP contribution is 2.34. The summed E-state index contributed by atoms with van der Waals surface area (Å²) < 4.78 is 25.6. The fourth-order valence-electron chi connectivity index (χ4n) is 2.08. The van der Waals surface area contributed by atoms with E-state index in [1.807, 2.05) is 24.3 Å². The fraction of sp³-hybridized carbons (Fsp3) is 0. The molecule has 0 radical (unpaired) electrons. The third kappa shape index (κ3) is 1.66. The molecule has 5 heteroatoms. The van der Waals surface area contributed by atoms with Crippen molar-refractivity contribution in [1.29, 1.82) is 0 Å².